The minimum atomic E-state index is -1.46. The van der Waals surface area contributed by atoms with Crippen LogP contribution in [0.3, 0.4) is 0 Å². The summed E-state index contributed by atoms with van der Waals surface area (Å²) in [5.74, 6) is 0.187. The molecule has 7 N–H and O–H groups in total. The van der Waals surface area contributed by atoms with Gasteiger partial charge in [-0.2, -0.15) is 19.9 Å². The number of carbonyl (C=O) groups excluding carboxylic acids is 3. The quantitative estimate of drug-likeness (QED) is 0.106. The van der Waals surface area contributed by atoms with Crippen LogP contribution in [0.2, 0.25) is 10.6 Å². The van der Waals surface area contributed by atoms with E-state index < -0.39 is 42.8 Å². The molecule has 7 atom stereocenters. The van der Waals surface area contributed by atoms with Crippen LogP contribution < -0.4 is 26.6 Å². The molecule has 1 aliphatic carbocycles. The SMILES string of the molecule is CCNC(=O)[C@@H]1CC[C@H](n2cnc3c(NC4CCC(NC(=O)N5CC[C@@H](Nc6nc(Cl)nc7c6ncn7[C@@H]6O[C@H](C(=O)NCC)[C@@H](O)[C@H]6O)C5)CC4)nc(Cl)nc32)O1. The van der Waals surface area contributed by atoms with E-state index in [-0.39, 0.29) is 46.3 Å². The van der Waals surface area contributed by atoms with Crippen molar-refractivity contribution in [1.82, 2.24) is 59.9 Å². The Morgan fingerprint density at radius 2 is 1.34 bits per heavy atom. The first-order chi connectivity index (χ1) is 28.0. The molecule has 4 fully saturated rings. The Balaban J connectivity index is 0.840. The van der Waals surface area contributed by atoms with E-state index in [0.29, 0.717) is 73.8 Å². The Kier molecular flexibility index (Phi) is 11.7. The van der Waals surface area contributed by atoms with Crippen LogP contribution in [0.15, 0.2) is 12.7 Å². The van der Waals surface area contributed by atoms with Gasteiger partial charge in [0, 0.05) is 44.3 Å². The monoisotopic (exact) mass is 844 g/mol. The van der Waals surface area contributed by atoms with Crippen molar-refractivity contribution in [3.8, 4) is 0 Å². The average molecular weight is 846 g/mol. The number of aromatic nitrogens is 8. The number of halogens is 2. The number of imidazole rings is 2. The first-order valence-electron chi connectivity index (χ1n) is 19.6. The molecule has 0 bridgehead atoms. The smallest absolute Gasteiger partial charge is 0.317 e. The van der Waals surface area contributed by atoms with Crippen molar-refractivity contribution in [2.75, 3.05) is 36.8 Å². The van der Waals surface area contributed by atoms with Crippen LogP contribution in [0.1, 0.15) is 71.2 Å². The third-order valence-electron chi connectivity index (χ3n) is 11.1. The van der Waals surface area contributed by atoms with Crippen LogP contribution in [0.5, 0.6) is 0 Å². The second-order valence-electron chi connectivity index (χ2n) is 14.9. The molecule has 312 valence electrons. The number of hydrogen-bond donors (Lipinski definition) is 7. The number of carbonyl (C=O) groups is 3. The van der Waals surface area contributed by atoms with E-state index in [9.17, 15) is 24.6 Å². The van der Waals surface area contributed by atoms with Gasteiger partial charge in [-0.3, -0.25) is 18.7 Å². The third-order valence-corrected chi connectivity index (χ3v) is 11.4. The molecule has 3 aliphatic heterocycles. The van der Waals surface area contributed by atoms with E-state index in [4.69, 9.17) is 32.7 Å². The Hall–Kier alpha value is -4.67. The van der Waals surface area contributed by atoms with E-state index >= 15 is 0 Å². The van der Waals surface area contributed by atoms with Crippen molar-refractivity contribution < 1.29 is 34.1 Å². The van der Waals surface area contributed by atoms with E-state index in [0.717, 1.165) is 25.7 Å². The fourth-order valence-electron chi connectivity index (χ4n) is 8.16. The van der Waals surface area contributed by atoms with E-state index in [2.05, 4.69) is 56.5 Å². The summed E-state index contributed by atoms with van der Waals surface area (Å²) in [5.41, 5.74) is 1.67. The number of aliphatic hydroxyl groups is 2. The van der Waals surface area contributed by atoms with Crippen LogP contribution in [0.4, 0.5) is 16.4 Å². The lowest BCUT2D eigenvalue weighted by molar-refractivity contribution is -0.137. The molecule has 0 spiro atoms. The maximum atomic E-state index is 13.4. The standard InChI is InChI=1S/C35H46Cl2N14O7/c1-3-38-30(54)19-9-10-20(57-19)50-14-40-21-26(45-33(36)47-28(21)50)42-16-5-7-17(8-6-16)44-35(56)49-12-11-18(13-49)43-27-22-29(48-34(37)46-27)51(15-41-22)32-24(53)23(52)25(58-32)31(55)39-4-2/h14-20,23-25,32,52-53H,3-13H2,1-2H3,(H,38,54)(H,39,55)(H,44,56)(H,42,45,47)(H,43,46,48)/t16?,17?,18-,19+,20-,23+,24-,25+,32-/m1/s1. The summed E-state index contributed by atoms with van der Waals surface area (Å²) in [7, 11) is 0. The number of aliphatic hydroxyl groups excluding tert-OH is 2. The first-order valence-corrected chi connectivity index (χ1v) is 20.4. The van der Waals surface area contributed by atoms with E-state index in [1.807, 2.05) is 6.92 Å². The molecule has 4 amide bonds. The maximum absolute atomic E-state index is 13.4. The molecule has 23 heteroatoms. The number of ether oxygens (including phenoxy) is 2. The van der Waals surface area contributed by atoms with Gasteiger partial charge in [-0.1, -0.05) is 0 Å². The van der Waals surface area contributed by atoms with Crippen LogP contribution in [-0.2, 0) is 19.1 Å². The van der Waals surface area contributed by atoms with Crippen molar-refractivity contribution in [3.63, 3.8) is 0 Å². The van der Waals surface area contributed by atoms with Gasteiger partial charge in [0.25, 0.3) is 5.91 Å². The molecule has 4 aromatic rings. The predicted octanol–water partition coefficient (Wildman–Crippen LogP) is 1.46. The molecule has 3 saturated heterocycles. The predicted molar refractivity (Wildman–Crippen MR) is 209 cm³/mol. The summed E-state index contributed by atoms with van der Waals surface area (Å²) in [6.45, 7) is 5.40. The van der Waals surface area contributed by atoms with Gasteiger partial charge >= 0.3 is 6.03 Å². The third kappa shape index (κ3) is 8.02. The fourth-order valence-corrected chi connectivity index (χ4v) is 8.49. The molecule has 0 unspecified atom stereocenters. The van der Waals surface area contributed by atoms with Gasteiger partial charge in [0.1, 0.15) is 24.5 Å². The highest BCUT2D eigenvalue weighted by Crippen LogP contribution is 2.35. The van der Waals surface area contributed by atoms with Gasteiger partial charge in [-0.05, 0) is 82.0 Å². The number of likely N-dealkylation sites (tertiary alicyclic amines) is 1. The highest BCUT2D eigenvalue weighted by Gasteiger charge is 2.48. The maximum Gasteiger partial charge on any atom is 0.317 e. The number of nitrogens with one attached hydrogen (secondary N) is 5. The van der Waals surface area contributed by atoms with Crippen molar-refractivity contribution in [3.05, 3.63) is 23.2 Å². The summed E-state index contributed by atoms with van der Waals surface area (Å²) in [6.07, 6.45) is 1.71. The number of nitrogens with zero attached hydrogens (tertiary/aromatic N) is 9. The van der Waals surface area contributed by atoms with Gasteiger partial charge in [-0.25, -0.2) is 14.8 Å². The molecule has 8 rings (SSSR count). The van der Waals surface area contributed by atoms with Gasteiger partial charge in [0.05, 0.1) is 12.7 Å². The van der Waals surface area contributed by atoms with Gasteiger partial charge in [0.2, 0.25) is 16.5 Å². The summed E-state index contributed by atoms with van der Waals surface area (Å²) in [5, 5.41) is 36.7. The minimum absolute atomic E-state index is 0.00766. The largest absolute Gasteiger partial charge is 0.387 e. The topological polar surface area (TPSA) is 261 Å². The Morgan fingerprint density at radius 3 is 2.02 bits per heavy atom. The zero-order valence-corrected chi connectivity index (χ0v) is 33.4. The van der Waals surface area contributed by atoms with Gasteiger partial charge < -0.3 is 51.2 Å². The Bertz CT molecular complexity index is 2170. The van der Waals surface area contributed by atoms with E-state index in [1.54, 1.807) is 22.7 Å². The molecule has 0 aromatic carbocycles. The van der Waals surface area contributed by atoms with Crippen LogP contribution >= 0.6 is 23.2 Å². The lowest BCUT2D eigenvalue weighted by Crippen LogP contribution is -2.46. The van der Waals surface area contributed by atoms with Gasteiger partial charge in [-0.15, -0.1) is 0 Å². The Morgan fingerprint density at radius 1 is 0.741 bits per heavy atom. The summed E-state index contributed by atoms with van der Waals surface area (Å²) in [6, 6.07) is -0.244. The zero-order chi connectivity index (χ0) is 40.7. The van der Waals surface area contributed by atoms with Crippen LogP contribution in [0, 0.1) is 0 Å². The lowest BCUT2D eigenvalue weighted by atomic mass is 9.91. The average Bonchev–Trinajstić information content (AvgIpc) is 4.05. The minimum Gasteiger partial charge on any atom is -0.387 e. The molecule has 21 nitrogen and oxygen atoms in total. The second kappa shape index (κ2) is 16.9. The lowest BCUT2D eigenvalue weighted by Gasteiger charge is -2.31. The van der Waals surface area contributed by atoms with E-state index in [1.165, 1.54) is 10.9 Å². The molecular formula is C35H46Cl2N14O7. The molecule has 1 saturated carbocycles. The highest BCUT2D eigenvalue weighted by molar-refractivity contribution is 6.29. The number of fused-ring (bicyclic) bond motifs is 2. The number of hydrogen-bond acceptors (Lipinski definition) is 15. The normalized spacial score (nSPS) is 28.6. The van der Waals surface area contributed by atoms with Crippen molar-refractivity contribution in [2.45, 2.75) is 114 Å². The molecular weight excluding hydrogens is 799 g/mol. The second-order valence-corrected chi connectivity index (χ2v) is 15.6. The Labute approximate surface area is 342 Å². The van der Waals surface area contributed by atoms with Crippen molar-refractivity contribution >= 4 is 75.0 Å². The number of anilines is 2. The number of urea groups is 1. The summed E-state index contributed by atoms with van der Waals surface area (Å²) < 4.78 is 15.0. The number of amides is 4. The molecule has 0 radical (unpaired) electrons. The molecule has 4 aromatic heterocycles. The summed E-state index contributed by atoms with van der Waals surface area (Å²) in [4.78, 5) is 66.4. The zero-order valence-electron chi connectivity index (χ0n) is 31.8. The van der Waals surface area contributed by atoms with Crippen LogP contribution in [-0.4, -0.2) is 141 Å². The number of rotatable bonds is 11. The first kappa shape index (κ1) is 40.1. The van der Waals surface area contributed by atoms with Gasteiger partial charge in [0.15, 0.2) is 46.3 Å². The van der Waals surface area contributed by atoms with Crippen molar-refractivity contribution in [1.29, 1.82) is 0 Å². The molecule has 58 heavy (non-hydrogen) atoms. The van der Waals surface area contributed by atoms with Crippen LogP contribution in [0.25, 0.3) is 22.3 Å². The highest BCUT2D eigenvalue weighted by atomic mass is 35.5. The fraction of sp³-hybridized carbons (Fsp3) is 0.629. The molecule has 7 heterocycles. The number of likely N-dealkylation sites (N-methyl/N-ethyl adjacent to an activating group) is 2. The van der Waals surface area contributed by atoms with Crippen molar-refractivity contribution in [2.24, 2.45) is 0 Å². The molecule has 4 aliphatic rings. The summed E-state index contributed by atoms with van der Waals surface area (Å²) >= 11 is 12.7.